The standard InChI is InChI=1S/C18H20N2OS/c1-20-16(21)14-15(19-17(20)22)13-8-4-3-7-12(13)11-18(14)9-5-2-6-10-18/h3-4,7-8H,2,5-6,9-11H2,1H3,(H,19,22). The van der Waals surface area contributed by atoms with Crippen LogP contribution >= 0.6 is 12.2 Å². The third-order valence-electron chi connectivity index (χ3n) is 5.46. The summed E-state index contributed by atoms with van der Waals surface area (Å²) in [5, 5.41) is 0. The fourth-order valence-corrected chi connectivity index (χ4v) is 4.53. The number of H-pyrrole nitrogens is 1. The van der Waals surface area contributed by atoms with Gasteiger partial charge in [-0.15, -0.1) is 0 Å². The van der Waals surface area contributed by atoms with Crippen molar-refractivity contribution < 1.29 is 0 Å². The molecule has 0 aliphatic heterocycles. The van der Waals surface area contributed by atoms with Crippen LogP contribution in [0.5, 0.6) is 0 Å². The maximum Gasteiger partial charge on any atom is 0.258 e. The Balaban J connectivity index is 2.09. The quantitative estimate of drug-likeness (QED) is 0.750. The average Bonchev–Trinajstić information content (AvgIpc) is 2.53. The molecule has 0 radical (unpaired) electrons. The summed E-state index contributed by atoms with van der Waals surface area (Å²) >= 11 is 5.35. The van der Waals surface area contributed by atoms with Gasteiger partial charge >= 0.3 is 0 Å². The van der Waals surface area contributed by atoms with Gasteiger partial charge in [0, 0.05) is 23.6 Å². The number of nitrogens with zero attached hydrogens (tertiary/aromatic N) is 1. The summed E-state index contributed by atoms with van der Waals surface area (Å²) in [5.74, 6) is 0. The number of nitrogens with one attached hydrogen (secondary N) is 1. The molecule has 1 spiro atoms. The summed E-state index contributed by atoms with van der Waals surface area (Å²) in [7, 11) is 1.78. The minimum absolute atomic E-state index is 0.00366. The largest absolute Gasteiger partial charge is 0.331 e. The van der Waals surface area contributed by atoms with Crippen LogP contribution in [-0.4, -0.2) is 9.55 Å². The lowest BCUT2D eigenvalue weighted by molar-refractivity contribution is 0.283. The third kappa shape index (κ3) is 1.86. The van der Waals surface area contributed by atoms with Gasteiger partial charge in [-0.3, -0.25) is 9.36 Å². The van der Waals surface area contributed by atoms with E-state index in [1.807, 2.05) is 6.07 Å². The van der Waals surface area contributed by atoms with Crippen molar-refractivity contribution in [2.45, 2.75) is 43.9 Å². The third-order valence-corrected chi connectivity index (χ3v) is 5.84. The summed E-state index contributed by atoms with van der Waals surface area (Å²) in [6.45, 7) is 0. The highest BCUT2D eigenvalue weighted by Crippen LogP contribution is 2.48. The molecule has 22 heavy (non-hydrogen) atoms. The van der Waals surface area contributed by atoms with Gasteiger partial charge in [-0.25, -0.2) is 0 Å². The zero-order valence-corrected chi connectivity index (χ0v) is 13.6. The molecule has 0 unspecified atom stereocenters. The Bertz CT molecular complexity index is 856. The van der Waals surface area contributed by atoms with E-state index in [9.17, 15) is 4.79 Å². The van der Waals surface area contributed by atoms with E-state index in [-0.39, 0.29) is 11.0 Å². The minimum atomic E-state index is -0.00366. The first kappa shape index (κ1) is 13.9. The number of rotatable bonds is 0. The van der Waals surface area contributed by atoms with Crippen LogP contribution in [-0.2, 0) is 18.9 Å². The highest BCUT2D eigenvalue weighted by Gasteiger charge is 2.42. The zero-order chi connectivity index (χ0) is 15.3. The van der Waals surface area contributed by atoms with Gasteiger partial charge in [-0.2, -0.15) is 0 Å². The molecule has 2 aliphatic rings. The number of aromatic nitrogens is 2. The molecule has 0 amide bonds. The average molecular weight is 312 g/mol. The van der Waals surface area contributed by atoms with Gasteiger partial charge in [0.1, 0.15) is 0 Å². The van der Waals surface area contributed by atoms with E-state index in [2.05, 4.69) is 23.2 Å². The van der Waals surface area contributed by atoms with Gasteiger partial charge in [0.25, 0.3) is 5.56 Å². The van der Waals surface area contributed by atoms with Crippen molar-refractivity contribution in [2.75, 3.05) is 0 Å². The van der Waals surface area contributed by atoms with E-state index in [1.54, 1.807) is 11.6 Å². The van der Waals surface area contributed by atoms with Crippen LogP contribution in [0.3, 0.4) is 0 Å². The van der Waals surface area contributed by atoms with E-state index in [0.29, 0.717) is 4.77 Å². The lowest BCUT2D eigenvalue weighted by Crippen LogP contribution is -2.42. The molecule has 1 saturated carbocycles. The first-order chi connectivity index (χ1) is 10.6. The Morgan fingerprint density at radius 1 is 1.18 bits per heavy atom. The second kappa shape index (κ2) is 4.92. The van der Waals surface area contributed by atoms with Gasteiger partial charge in [-0.05, 0) is 37.0 Å². The smallest absolute Gasteiger partial charge is 0.258 e. The van der Waals surface area contributed by atoms with Crippen molar-refractivity contribution >= 4 is 12.2 Å². The SMILES string of the molecule is Cn1c(=S)[nH]c2c(c1=O)C1(CCCCC1)Cc1ccccc1-2. The second-order valence-corrected chi connectivity index (χ2v) is 7.11. The molecular formula is C18H20N2OS. The Hall–Kier alpha value is -1.68. The molecule has 0 bridgehead atoms. The number of hydrogen-bond acceptors (Lipinski definition) is 2. The highest BCUT2D eigenvalue weighted by atomic mass is 32.1. The zero-order valence-electron chi connectivity index (χ0n) is 12.8. The summed E-state index contributed by atoms with van der Waals surface area (Å²) < 4.78 is 2.10. The fourth-order valence-electron chi connectivity index (χ4n) is 4.34. The molecule has 1 N–H and O–H groups in total. The predicted octanol–water partition coefficient (Wildman–Crippen LogP) is 3.87. The maximum absolute atomic E-state index is 13.0. The molecule has 114 valence electrons. The van der Waals surface area contributed by atoms with Gasteiger partial charge in [-0.1, -0.05) is 43.5 Å². The first-order valence-electron chi connectivity index (χ1n) is 8.04. The Morgan fingerprint density at radius 2 is 1.91 bits per heavy atom. The number of fused-ring (bicyclic) bond motifs is 4. The molecule has 3 nitrogen and oxygen atoms in total. The maximum atomic E-state index is 13.0. The van der Waals surface area contributed by atoms with Crippen molar-refractivity contribution in [2.24, 2.45) is 7.05 Å². The molecule has 2 aromatic rings. The number of benzene rings is 1. The van der Waals surface area contributed by atoms with Crippen LogP contribution in [0.4, 0.5) is 0 Å². The molecule has 1 fully saturated rings. The van der Waals surface area contributed by atoms with Crippen LogP contribution in [0.15, 0.2) is 29.1 Å². The monoisotopic (exact) mass is 312 g/mol. The Kier molecular flexibility index (Phi) is 3.12. The second-order valence-electron chi connectivity index (χ2n) is 6.72. The molecular weight excluding hydrogens is 292 g/mol. The van der Waals surface area contributed by atoms with E-state index >= 15 is 0 Å². The van der Waals surface area contributed by atoms with Crippen molar-refractivity contribution in [3.63, 3.8) is 0 Å². The summed E-state index contributed by atoms with van der Waals surface area (Å²) in [5.41, 5.74) is 4.53. The molecule has 1 aromatic heterocycles. The summed E-state index contributed by atoms with van der Waals surface area (Å²) in [6, 6.07) is 8.43. The number of aromatic amines is 1. The van der Waals surface area contributed by atoms with Crippen LogP contribution < -0.4 is 5.56 Å². The summed E-state index contributed by atoms with van der Waals surface area (Å²) in [4.78, 5) is 16.3. The van der Waals surface area contributed by atoms with Gasteiger partial charge in [0.2, 0.25) is 0 Å². The molecule has 4 rings (SSSR count). The van der Waals surface area contributed by atoms with E-state index in [4.69, 9.17) is 12.2 Å². The molecule has 4 heteroatoms. The van der Waals surface area contributed by atoms with E-state index in [0.717, 1.165) is 36.1 Å². The molecule has 0 atom stereocenters. The topological polar surface area (TPSA) is 37.8 Å². The van der Waals surface area contributed by atoms with Crippen molar-refractivity contribution in [3.8, 4) is 11.3 Å². The lowest BCUT2D eigenvalue weighted by atomic mass is 9.62. The van der Waals surface area contributed by atoms with E-state index in [1.165, 1.54) is 24.8 Å². The van der Waals surface area contributed by atoms with Crippen LogP contribution in [0.1, 0.15) is 43.2 Å². The van der Waals surface area contributed by atoms with Crippen molar-refractivity contribution in [1.29, 1.82) is 0 Å². The van der Waals surface area contributed by atoms with Crippen LogP contribution in [0, 0.1) is 4.77 Å². The lowest BCUT2D eigenvalue weighted by Gasteiger charge is -2.42. The van der Waals surface area contributed by atoms with Crippen molar-refractivity contribution in [3.05, 3.63) is 50.5 Å². The normalized spacial score (nSPS) is 18.8. The highest BCUT2D eigenvalue weighted by molar-refractivity contribution is 7.71. The predicted molar refractivity (Wildman–Crippen MR) is 90.8 cm³/mol. The molecule has 1 heterocycles. The van der Waals surface area contributed by atoms with Crippen molar-refractivity contribution in [1.82, 2.24) is 9.55 Å². The number of hydrogen-bond donors (Lipinski definition) is 1. The van der Waals surface area contributed by atoms with Crippen LogP contribution in [0.2, 0.25) is 0 Å². The van der Waals surface area contributed by atoms with Gasteiger partial charge < -0.3 is 4.98 Å². The molecule has 0 saturated heterocycles. The first-order valence-corrected chi connectivity index (χ1v) is 8.45. The molecule has 2 aliphatic carbocycles. The Labute approximate surface area is 135 Å². The van der Waals surface area contributed by atoms with Gasteiger partial charge in [0.15, 0.2) is 4.77 Å². The molecule has 1 aromatic carbocycles. The van der Waals surface area contributed by atoms with Gasteiger partial charge in [0.05, 0.1) is 5.69 Å². The van der Waals surface area contributed by atoms with Crippen LogP contribution in [0.25, 0.3) is 11.3 Å². The summed E-state index contributed by atoms with van der Waals surface area (Å²) in [6.07, 6.45) is 6.89. The Morgan fingerprint density at radius 3 is 2.68 bits per heavy atom. The van der Waals surface area contributed by atoms with E-state index < -0.39 is 0 Å². The minimum Gasteiger partial charge on any atom is -0.331 e. The fraction of sp³-hybridized carbons (Fsp3) is 0.444.